The van der Waals surface area contributed by atoms with E-state index in [-0.39, 0.29) is 5.91 Å². The van der Waals surface area contributed by atoms with Gasteiger partial charge in [-0.05, 0) is 48.4 Å². The van der Waals surface area contributed by atoms with Crippen LogP contribution >= 0.6 is 0 Å². The maximum absolute atomic E-state index is 11.7. The van der Waals surface area contributed by atoms with Gasteiger partial charge in [0.1, 0.15) is 11.9 Å². The molecule has 6 nitrogen and oxygen atoms in total. The van der Waals surface area contributed by atoms with Crippen molar-refractivity contribution >= 4 is 28.4 Å². The minimum atomic E-state index is -0.0979. The molecule has 2 aromatic heterocycles. The molecule has 29 heavy (non-hydrogen) atoms. The van der Waals surface area contributed by atoms with Crippen molar-refractivity contribution in [1.82, 2.24) is 14.7 Å². The fourth-order valence-corrected chi connectivity index (χ4v) is 3.61. The van der Waals surface area contributed by atoms with E-state index in [1.165, 1.54) is 0 Å². The number of carbonyl (C=O) groups is 1. The predicted molar refractivity (Wildman–Crippen MR) is 114 cm³/mol. The summed E-state index contributed by atoms with van der Waals surface area (Å²) in [6.07, 6.45) is 0. The average molecular weight is 383 g/mol. The lowest BCUT2D eigenvalue weighted by Gasteiger charge is -2.22. The second kappa shape index (κ2) is 7.28. The zero-order valence-electron chi connectivity index (χ0n) is 16.6. The summed E-state index contributed by atoms with van der Waals surface area (Å²) in [6.45, 7) is 2.59. The number of aryl methyl sites for hydroxylation is 1. The molecule has 0 aliphatic rings. The zero-order chi connectivity index (χ0) is 20.5. The van der Waals surface area contributed by atoms with Crippen molar-refractivity contribution in [1.29, 1.82) is 5.26 Å². The van der Waals surface area contributed by atoms with Crippen molar-refractivity contribution in [3.63, 3.8) is 0 Å². The van der Waals surface area contributed by atoms with E-state index in [0.29, 0.717) is 23.3 Å². The molecule has 0 unspecified atom stereocenters. The number of nitrogens with zero attached hydrogens (tertiary/aromatic N) is 4. The molecule has 2 aromatic carbocycles. The van der Waals surface area contributed by atoms with Crippen LogP contribution in [0.1, 0.15) is 27.0 Å². The molecule has 0 saturated heterocycles. The normalized spacial score (nSPS) is 10.8. The van der Waals surface area contributed by atoms with Crippen LogP contribution in [0.5, 0.6) is 0 Å². The van der Waals surface area contributed by atoms with Crippen molar-refractivity contribution in [2.75, 3.05) is 19.0 Å². The third-order valence-corrected chi connectivity index (χ3v) is 5.12. The first-order valence-electron chi connectivity index (χ1n) is 9.36. The lowest BCUT2D eigenvalue weighted by atomic mass is 10.1. The van der Waals surface area contributed by atoms with Crippen LogP contribution in [0.25, 0.3) is 16.7 Å². The number of hydrogen-bond donors (Lipinski definition) is 1. The highest BCUT2D eigenvalue weighted by atomic mass is 16.1. The molecule has 0 atom stereocenters. The molecular formula is C23H21N5O. The Balaban J connectivity index is 1.79. The second-order valence-corrected chi connectivity index (χ2v) is 7.06. The Bertz CT molecular complexity index is 1260. The number of benzene rings is 2. The van der Waals surface area contributed by atoms with E-state index in [4.69, 9.17) is 4.98 Å². The summed E-state index contributed by atoms with van der Waals surface area (Å²) in [5, 5.41) is 12.3. The number of nitriles is 1. The van der Waals surface area contributed by atoms with Gasteiger partial charge in [-0.15, -0.1) is 0 Å². The van der Waals surface area contributed by atoms with Gasteiger partial charge in [0.2, 0.25) is 0 Å². The number of imidazole rings is 1. The van der Waals surface area contributed by atoms with Crippen molar-refractivity contribution in [2.45, 2.75) is 13.5 Å². The van der Waals surface area contributed by atoms with Gasteiger partial charge in [-0.2, -0.15) is 5.26 Å². The Morgan fingerprint density at radius 3 is 2.62 bits per heavy atom. The van der Waals surface area contributed by atoms with E-state index >= 15 is 0 Å². The smallest absolute Gasteiger partial charge is 0.251 e. The summed E-state index contributed by atoms with van der Waals surface area (Å²) in [5.41, 5.74) is 5.71. The summed E-state index contributed by atoms with van der Waals surface area (Å²) in [4.78, 5) is 18.6. The molecule has 0 saturated carbocycles. The molecular weight excluding hydrogens is 362 g/mol. The summed E-state index contributed by atoms with van der Waals surface area (Å²) < 4.78 is 2.04. The number of para-hydroxylation sites is 2. The van der Waals surface area contributed by atoms with E-state index in [1.54, 1.807) is 7.05 Å². The molecule has 0 fully saturated rings. The van der Waals surface area contributed by atoms with Crippen LogP contribution in [-0.2, 0) is 6.54 Å². The molecule has 2 heterocycles. The Morgan fingerprint density at radius 1 is 1.21 bits per heavy atom. The molecule has 1 N–H and O–H groups in total. The number of nitrogens with one attached hydrogen (secondary N) is 1. The van der Waals surface area contributed by atoms with Crippen LogP contribution in [0.15, 0.2) is 54.6 Å². The number of carbonyl (C=O) groups excluding carboxylic acids is 1. The van der Waals surface area contributed by atoms with Gasteiger partial charge in [0.15, 0.2) is 5.65 Å². The Hall–Kier alpha value is -3.85. The third-order valence-electron chi connectivity index (χ3n) is 5.12. The van der Waals surface area contributed by atoms with E-state index in [2.05, 4.69) is 16.3 Å². The van der Waals surface area contributed by atoms with Crippen molar-refractivity contribution in [3.8, 4) is 6.07 Å². The summed E-state index contributed by atoms with van der Waals surface area (Å²) in [6, 6.07) is 19.8. The first kappa shape index (κ1) is 18.5. The number of aromatic nitrogens is 2. The molecule has 6 heteroatoms. The van der Waals surface area contributed by atoms with Crippen LogP contribution < -0.4 is 10.2 Å². The van der Waals surface area contributed by atoms with Crippen molar-refractivity contribution in [3.05, 3.63) is 76.9 Å². The molecule has 0 aliphatic carbocycles. The first-order valence-corrected chi connectivity index (χ1v) is 9.36. The third kappa shape index (κ3) is 3.17. The van der Waals surface area contributed by atoms with Gasteiger partial charge in [-0.25, -0.2) is 4.98 Å². The van der Waals surface area contributed by atoms with Gasteiger partial charge in [0.05, 0.1) is 16.6 Å². The maximum atomic E-state index is 11.7. The summed E-state index contributed by atoms with van der Waals surface area (Å²) >= 11 is 0. The number of amides is 1. The van der Waals surface area contributed by atoms with Gasteiger partial charge in [-0.1, -0.05) is 24.3 Å². The van der Waals surface area contributed by atoms with Crippen LogP contribution in [0, 0.1) is 18.3 Å². The van der Waals surface area contributed by atoms with Gasteiger partial charge in [0, 0.05) is 26.2 Å². The van der Waals surface area contributed by atoms with Crippen molar-refractivity contribution < 1.29 is 4.79 Å². The molecule has 0 aliphatic heterocycles. The van der Waals surface area contributed by atoms with Crippen LogP contribution in [-0.4, -0.2) is 29.4 Å². The molecule has 0 radical (unpaired) electrons. The second-order valence-electron chi connectivity index (χ2n) is 7.06. The van der Waals surface area contributed by atoms with E-state index in [1.807, 2.05) is 73.0 Å². The van der Waals surface area contributed by atoms with Gasteiger partial charge < -0.3 is 10.2 Å². The summed E-state index contributed by atoms with van der Waals surface area (Å²) in [5.74, 6) is 0.861. The minimum Gasteiger partial charge on any atom is -0.356 e. The van der Waals surface area contributed by atoms with Gasteiger partial charge in [-0.3, -0.25) is 9.20 Å². The van der Waals surface area contributed by atoms with Crippen LogP contribution in [0.2, 0.25) is 0 Å². The van der Waals surface area contributed by atoms with Gasteiger partial charge in [0.25, 0.3) is 5.91 Å². The van der Waals surface area contributed by atoms with E-state index in [0.717, 1.165) is 28.0 Å². The Morgan fingerprint density at radius 2 is 1.93 bits per heavy atom. The molecule has 144 valence electrons. The van der Waals surface area contributed by atoms with Crippen LogP contribution in [0.3, 0.4) is 0 Å². The fourth-order valence-electron chi connectivity index (χ4n) is 3.61. The topological polar surface area (TPSA) is 73.4 Å². The number of fused-ring (bicyclic) bond motifs is 3. The highest BCUT2D eigenvalue weighted by molar-refractivity contribution is 5.94. The average Bonchev–Trinajstić information content (AvgIpc) is 3.12. The van der Waals surface area contributed by atoms with E-state index in [9.17, 15) is 10.1 Å². The standard InChI is InChI=1S/C23H21N5O/c1-15-12-21(27(3)14-16-8-10-17(11-9-16)23(29)25-2)28-20-7-5-4-6-19(20)26-22(28)18(15)13-24/h4-12H,14H2,1-3H3,(H,25,29). The zero-order valence-corrected chi connectivity index (χ0v) is 16.6. The lowest BCUT2D eigenvalue weighted by molar-refractivity contribution is 0.0963. The molecule has 4 aromatic rings. The SMILES string of the molecule is CNC(=O)c1ccc(CN(C)c2cc(C)c(C#N)c3nc4ccccc4n23)cc1. The number of anilines is 1. The quantitative estimate of drug-likeness (QED) is 0.584. The number of hydrogen-bond acceptors (Lipinski definition) is 4. The van der Waals surface area contributed by atoms with Crippen molar-refractivity contribution in [2.24, 2.45) is 0 Å². The van der Waals surface area contributed by atoms with Gasteiger partial charge >= 0.3 is 0 Å². The fraction of sp³-hybridized carbons (Fsp3) is 0.174. The predicted octanol–water partition coefficient (Wildman–Crippen LogP) is 3.66. The Kier molecular flexibility index (Phi) is 4.65. The number of pyridine rings is 1. The highest BCUT2D eigenvalue weighted by Crippen LogP contribution is 2.28. The molecule has 0 bridgehead atoms. The highest BCUT2D eigenvalue weighted by Gasteiger charge is 2.17. The first-order chi connectivity index (χ1) is 14.0. The molecule has 0 spiro atoms. The Labute approximate surface area is 169 Å². The molecule has 4 rings (SSSR count). The minimum absolute atomic E-state index is 0.0979. The monoisotopic (exact) mass is 383 g/mol. The lowest BCUT2D eigenvalue weighted by Crippen LogP contribution is -2.20. The van der Waals surface area contributed by atoms with E-state index < -0.39 is 0 Å². The number of rotatable bonds is 4. The molecule has 1 amide bonds. The van der Waals surface area contributed by atoms with Crippen LogP contribution in [0.4, 0.5) is 5.82 Å². The summed E-state index contributed by atoms with van der Waals surface area (Å²) in [7, 11) is 3.64. The maximum Gasteiger partial charge on any atom is 0.251 e. The largest absolute Gasteiger partial charge is 0.356 e.